The standard InChI is InChI=1S/C12H21N3O2S/c1-4-5-6-7-15-12-9(17-3)8(13)10(18-12)11(16)14-2/h15H,4-7,13H2,1-3H3,(H,14,16). The highest BCUT2D eigenvalue weighted by Gasteiger charge is 2.20. The SMILES string of the molecule is CCCCCNc1sc(C(=O)NC)c(N)c1OC. The van der Waals surface area contributed by atoms with Crippen LogP contribution in [0.15, 0.2) is 0 Å². The summed E-state index contributed by atoms with van der Waals surface area (Å²) < 4.78 is 5.25. The van der Waals surface area contributed by atoms with Crippen LogP contribution in [-0.2, 0) is 0 Å². The number of carbonyl (C=O) groups excluding carboxylic acids is 1. The number of amides is 1. The summed E-state index contributed by atoms with van der Waals surface area (Å²) in [5.74, 6) is 0.382. The van der Waals surface area contributed by atoms with Gasteiger partial charge in [-0.25, -0.2) is 0 Å². The molecule has 0 radical (unpaired) electrons. The van der Waals surface area contributed by atoms with Crippen molar-refractivity contribution in [3.8, 4) is 5.75 Å². The predicted molar refractivity (Wildman–Crippen MR) is 76.7 cm³/mol. The van der Waals surface area contributed by atoms with Crippen molar-refractivity contribution in [2.75, 3.05) is 31.8 Å². The Morgan fingerprint density at radius 2 is 2.17 bits per heavy atom. The fourth-order valence-electron chi connectivity index (χ4n) is 1.61. The third-order valence-corrected chi connectivity index (χ3v) is 3.75. The zero-order valence-electron chi connectivity index (χ0n) is 11.1. The van der Waals surface area contributed by atoms with Crippen LogP contribution in [0.2, 0.25) is 0 Å². The number of anilines is 2. The summed E-state index contributed by atoms with van der Waals surface area (Å²) in [6.07, 6.45) is 3.44. The van der Waals surface area contributed by atoms with Gasteiger partial charge in [0.2, 0.25) is 0 Å². The maximum Gasteiger partial charge on any atom is 0.263 e. The zero-order chi connectivity index (χ0) is 13.5. The van der Waals surface area contributed by atoms with Crippen molar-refractivity contribution < 1.29 is 9.53 Å². The molecule has 1 amide bonds. The number of hydrogen-bond acceptors (Lipinski definition) is 5. The van der Waals surface area contributed by atoms with E-state index in [9.17, 15) is 4.79 Å². The van der Waals surface area contributed by atoms with Gasteiger partial charge in [0, 0.05) is 13.6 Å². The van der Waals surface area contributed by atoms with Crippen molar-refractivity contribution in [2.24, 2.45) is 0 Å². The quantitative estimate of drug-likeness (QED) is 0.665. The molecule has 102 valence electrons. The molecule has 0 saturated carbocycles. The van der Waals surface area contributed by atoms with Crippen LogP contribution in [0.25, 0.3) is 0 Å². The number of unbranched alkanes of at least 4 members (excludes halogenated alkanes) is 2. The molecule has 18 heavy (non-hydrogen) atoms. The van der Waals surface area contributed by atoms with Gasteiger partial charge >= 0.3 is 0 Å². The topological polar surface area (TPSA) is 76.4 Å². The number of rotatable bonds is 7. The normalized spacial score (nSPS) is 10.2. The molecule has 0 aliphatic heterocycles. The van der Waals surface area contributed by atoms with E-state index in [2.05, 4.69) is 17.6 Å². The molecule has 0 aromatic carbocycles. The van der Waals surface area contributed by atoms with E-state index >= 15 is 0 Å². The summed E-state index contributed by atoms with van der Waals surface area (Å²) in [5, 5.41) is 6.67. The van der Waals surface area contributed by atoms with E-state index in [4.69, 9.17) is 10.5 Å². The number of hydrogen-bond donors (Lipinski definition) is 3. The van der Waals surface area contributed by atoms with E-state index in [1.54, 1.807) is 14.2 Å². The molecule has 0 aliphatic rings. The molecule has 0 spiro atoms. The summed E-state index contributed by atoms with van der Waals surface area (Å²) in [4.78, 5) is 12.1. The molecule has 0 fully saturated rings. The van der Waals surface area contributed by atoms with Gasteiger partial charge < -0.3 is 21.1 Å². The minimum Gasteiger partial charge on any atom is -0.492 e. The first-order valence-corrected chi connectivity index (χ1v) is 6.89. The third-order valence-electron chi connectivity index (χ3n) is 2.60. The molecule has 1 aromatic heterocycles. The molecular formula is C12H21N3O2S. The Kier molecular flexibility index (Phi) is 5.77. The molecule has 4 N–H and O–H groups in total. The lowest BCUT2D eigenvalue weighted by Crippen LogP contribution is -2.17. The first-order chi connectivity index (χ1) is 8.65. The van der Waals surface area contributed by atoms with Gasteiger partial charge in [0.15, 0.2) is 5.75 Å². The van der Waals surface area contributed by atoms with Crippen LogP contribution in [0.1, 0.15) is 35.9 Å². The van der Waals surface area contributed by atoms with Crippen molar-refractivity contribution in [1.82, 2.24) is 5.32 Å². The lowest BCUT2D eigenvalue weighted by molar-refractivity contribution is 0.0967. The summed E-state index contributed by atoms with van der Waals surface area (Å²) >= 11 is 1.33. The highest BCUT2D eigenvalue weighted by molar-refractivity contribution is 7.19. The van der Waals surface area contributed by atoms with Crippen LogP contribution in [-0.4, -0.2) is 26.6 Å². The largest absolute Gasteiger partial charge is 0.492 e. The van der Waals surface area contributed by atoms with E-state index in [-0.39, 0.29) is 5.91 Å². The van der Waals surface area contributed by atoms with Crippen LogP contribution in [0.5, 0.6) is 5.75 Å². The number of nitrogens with one attached hydrogen (secondary N) is 2. The third kappa shape index (κ3) is 3.29. The van der Waals surface area contributed by atoms with Gasteiger partial charge in [-0.15, -0.1) is 11.3 Å². The zero-order valence-corrected chi connectivity index (χ0v) is 11.9. The Balaban J connectivity index is 2.80. The minimum atomic E-state index is -0.183. The second kappa shape index (κ2) is 7.10. The Labute approximate surface area is 112 Å². The summed E-state index contributed by atoms with van der Waals surface area (Å²) in [6, 6.07) is 0. The Morgan fingerprint density at radius 1 is 1.44 bits per heavy atom. The molecule has 1 rings (SSSR count). The van der Waals surface area contributed by atoms with Crippen molar-refractivity contribution in [3.63, 3.8) is 0 Å². The van der Waals surface area contributed by atoms with Gasteiger partial charge in [-0.3, -0.25) is 4.79 Å². The maximum absolute atomic E-state index is 11.6. The van der Waals surface area contributed by atoms with Gasteiger partial charge in [0.25, 0.3) is 5.91 Å². The lowest BCUT2D eigenvalue weighted by atomic mass is 10.2. The van der Waals surface area contributed by atoms with Crippen molar-refractivity contribution in [2.45, 2.75) is 26.2 Å². The number of nitrogen functional groups attached to an aromatic ring is 1. The van der Waals surface area contributed by atoms with Crippen LogP contribution in [0.3, 0.4) is 0 Å². The molecule has 6 heteroatoms. The van der Waals surface area contributed by atoms with E-state index in [0.29, 0.717) is 16.3 Å². The second-order valence-electron chi connectivity index (χ2n) is 3.92. The smallest absolute Gasteiger partial charge is 0.263 e. The highest BCUT2D eigenvalue weighted by Crippen LogP contribution is 2.42. The molecule has 1 aromatic rings. The van der Waals surface area contributed by atoms with E-state index < -0.39 is 0 Å². The Morgan fingerprint density at radius 3 is 2.72 bits per heavy atom. The van der Waals surface area contributed by atoms with Crippen molar-refractivity contribution >= 4 is 27.9 Å². The first-order valence-electron chi connectivity index (χ1n) is 6.07. The van der Waals surface area contributed by atoms with E-state index in [1.165, 1.54) is 24.2 Å². The predicted octanol–water partition coefficient (Wildman–Crippen LogP) is 2.30. The summed E-state index contributed by atoms with van der Waals surface area (Å²) in [7, 11) is 3.14. The maximum atomic E-state index is 11.6. The number of ether oxygens (including phenoxy) is 1. The van der Waals surface area contributed by atoms with Crippen LogP contribution < -0.4 is 21.1 Å². The first kappa shape index (κ1) is 14.6. The fraction of sp³-hybridized carbons (Fsp3) is 0.583. The molecule has 0 aliphatic carbocycles. The molecule has 0 atom stereocenters. The summed E-state index contributed by atoms with van der Waals surface area (Å²) in [6.45, 7) is 3.02. The monoisotopic (exact) mass is 271 g/mol. The van der Waals surface area contributed by atoms with Crippen LogP contribution in [0, 0.1) is 0 Å². The molecular weight excluding hydrogens is 250 g/mol. The Hall–Kier alpha value is -1.43. The van der Waals surface area contributed by atoms with Gasteiger partial charge in [0.05, 0.1) is 7.11 Å². The van der Waals surface area contributed by atoms with Crippen LogP contribution >= 0.6 is 11.3 Å². The van der Waals surface area contributed by atoms with E-state index in [0.717, 1.165) is 18.0 Å². The van der Waals surface area contributed by atoms with Crippen molar-refractivity contribution in [3.05, 3.63) is 4.88 Å². The number of methoxy groups -OCH3 is 1. The van der Waals surface area contributed by atoms with Gasteiger partial charge in [-0.2, -0.15) is 0 Å². The van der Waals surface area contributed by atoms with Crippen molar-refractivity contribution in [1.29, 1.82) is 0 Å². The number of nitrogens with two attached hydrogens (primary N) is 1. The molecule has 0 bridgehead atoms. The van der Waals surface area contributed by atoms with Crippen LogP contribution in [0.4, 0.5) is 10.7 Å². The minimum absolute atomic E-state index is 0.183. The van der Waals surface area contributed by atoms with E-state index in [1.807, 2.05) is 0 Å². The molecule has 0 unspecified atom stereocenters. The second-order valence-corrected chi connectivity index (χ2v) is 4.94. The average Bonchev–Trinajstić information content (AvgIpc) is 2.70. The lowest BCUT2D eigenvalue weighted by Gasteiger charge is -2.06. The molecule has 5 nitrogen and oxygen atoms in total. The number of carbonyl (C=O) groups is 1. The Bertz CT molecular complexity index is 404. The van der Waals surface area contributed by atoms with Gasteiger partial charge in [-0.1, -0.05) is 19.8 Å². The molecule has 0 saturated heterocycles. The molecule has 1 heterocycles. The number of thiophene rings is 1. The van der Waals surface area contributed by atoms with Gasteiger partial charge in [-0.05, 0) is 6.42 Å². The average molecular weight is 271 g/mol. The fourth-order valence-corrected chi connectivity index (χ4v) is 2.67. The highest BCUT2D eigenvalue weighted by atomic mass is 32.1. The summed E-state index contributed by atoms with van der Waals surface area (Å²) in [5.41, 5.74) is 6.31. The van der Waals surface area contributed by atoms with Gasteiger partial charge in [0.1, 0.15) is 15.6 Å².